The highest BCUT2D eigenvalue weighted by Gasteiger charge is 2.21. The van der Waals surface area contributed by atoms with Crippen LogP contribution in [0.15, 0.2) is 52.9 Å². The fourth-order valence-corrected chi connectivity index (χ4v) is 5.75. The Morgan fingerprint density at radius 2 is 1.73 bits per heavy atom. The standard InChI is InChI=1S/C18H16Cl2N4O3S3/c19-14-7-3-1-5-12(14)11-28-10-9-21-30(26,27)18-24-23-17(29-18)22-16(25)13-6-2-4-8-15(13)20/h1-8,21H,9-11H2,(H,22,23,25). The lowest BCUT2D eigenvalue weighted by molar-refractivity contribution is 0.102. The number of thioether (sulfide) groups is 1. The van der Waals surface area contributed by atoms with E-state index in [4.69, 9.17) is 23.2 Å². The molecule has 0 saturated carbocycles. The molecule has 12 heteroatoms. The second-order valence-corrected chi connectivity index (χ2v) is 10.7. The van der Waals surface area contributed by atoms with Crippen LogP contribution in [0.25, 0.3) is 0 Å². The zero-order valence-electron chi connectivity index (χ0n) is 15.3. The molecule has 0 aliphatic rings. The van der Waals surface area contributed by atoms with Crippen LogP contribution in [0.3, 0.4) is 0 Å². The Hall–Kier alpha value is -1.69. The third kappa shape index (κ3) is 6.16. The predicted octanol–water partition coefficient (Wildman–Crippen LogP) is 4.31. The first-order valence-corrected chi connectivity index (χ1v) is 12.8. The van der Waals surface area contributed by atoms with Gasteiger partial charge in [0.25, 0.3) is 15.9 Å². The summed E-state index contributed by atoms with van der Waals surface area (Å²) in [7, 11) is -3.82. The van der Waals surface area contributed by atoms with E-state index in [1.165, 1.54) is 0 Å². The molecule has 0 aliphatic heterocycles. The molecule has 0 atom stereocenters. The number of halogens is 2. The molecule has 3 rings (SSSR count). The van der Waals surface area contributed by atoms with Gasteiger partial charge in [-0.05, 0) is 23.8 Å². The van der Waals surface area contributed by atoms with E-state index in [1.807, 2.05) is 24.3 Å². The zero-order valence-corrected chi connectivity index (χ0v) is 19.3. The summed E-state index contributed by atoms with van der Waals surface area (Å²) in [6.07, 6.45) is 0. The van der Waals surface area contributed by atoms with Gasteiger partial charge in [-0.3, -0.25) is 10.1 Å². The maximum Gasteiger partial charge on any atom is 0.269 e. The van der Waals surface area contributed by atoms with Crippen molar-refractivity contribution in [2.24, 2.45) is 0 Å². The molecule has 1 amide bonds. The first-order valence-electron chi connectivity index (χ1n) is 8.57. The van der Waals surface area contributed by atoms with Crippen LogP contribution in [0.4, 0.5) is 5.13 Å². The normalized spacial score (nSPS) is 11.4. The Kier molecular flexibility index (Phi) is 8.09. The molecule has 0 aliphatic carbocycles. The number of amides is 1. The Labute approximate surface area is 192 Å². The minimum Gasteiger partial charge on any atom is -0.296 e. The summed E-state index contributed by atoms with van der Waals surface area (Å²) < 4.78 is 27.0. The lowest BCUT2D eigenvalue weighted by Gasteiger charge is -2.05. The van der Waals surface area contributed by atoms with Gasteiger partial charge in [0.2, 0.25) is 9.47 Å². The average molecular weight is 503 g/mol. The molecule has 0 spiro atoms. The second-order valence-electron chi connectivity index (χ2n) is 5.85. The number of hydrogen-bond donors (Lipinski definition) is 2. The number of carbonyl (C=O) groups is 1. The van der Waals surface area contributed by atoms with Crippen molar-refractivity contribution in [3.05, 3.63) is 69.7 Å². The van der Waals surface area contributed by atoms with E-state index in [9.17, 15) is 13.2 Å². The molecule has 2 N–H and O–H groups in total. The third-order valence-electron chi connectivity index (χ3n) is 3.73. The van der Waals surface area contributed by atoms with Gasteiger partial charge in [-0.2, -0.15) is 11.8 Å². The van der Waals surface area contributed by atoms with E-state index < -0.39 is 15.9 Å². The molecule has 0 bridgehead atoms. The highest BCUT2D eigenvalue weighted by Crippen LogP contribution is 2.23. The number of rotatable bonds is 9. The second kappa shape index (κ2) is 10.6. The molecular weight excluding hydrogens is 487 g/mol. The smallest absolute Gasteiger partial charge is 0.269 e. The molecule has 1 heterocycles. The molecule has 30 heavy (non-hydrogen) atoms. The van der Waals surface area contributed by atoms with Crippen molar-refractivity contribution in [2.75, 3.05) is 17.6 Å². The predicted molar refractivity (Wildman–Crippen MR) is 122 cm³/mol. The molecular formula is C18H16Cl2N4O3S3. The van der Waals surface area contributed by atoms with E-state index in [1.54, 1.807) is 36.0 Å². The summed E-state index contributed by atoms with van der Waals surface area (Å²) in [4.78, 5) is 12.2. The third-order valence-corrected chi connectivity index (χ3v) is 8.10. The highest BCUT2D eigenvalue weighted by molar-refractivity contribution is 7.98. The molecule has 2 aromatic carbocycles. The van der Waals surface area contributed by atoms with Gasteiger partial charge in [0.15, 0.2) is 0 Å². The van der Waals surface area contributed by atoms with Crippen molar-refractivity contribution in [1.82, 2.24) is 14.9 Å². The van der Waals surface area contributed by atoms with Gasteiger partial charge in [0, 0.05) is 23.1 Å². The molecule has 0 saturated heterocycles. The lowest BCUT2D eigenvalue weighted by Crippen LogP contribution is -2.26. The number of sulfonamides is 1. The van der Waals surface area contributed by atoms with Gasteiger partial charge >= 0.3 is 0 Å². The van der Waals surface area contributed by atoms with Crippen LogP contribution in [-0.2, 0) is 15.8 Å². The van der Waals surface area contributed by atoms with Crippen LogP contribution in [0.2, 0.25) is 10.0 Å². The summed E-state index contributed by atoms with van der Waals surface area (Å²) >= 11 is 14.4. The SMILES string of the molecule is O=C(Nc1nnc(S(=O)(=O)NCCSCc2ccccc2Cl)s1)c1ccccc1Cl. The van der Waals surface area contributed by atoms with Crippen molar-refractivity contribution in [1.29, 1.82) is 0 Å². The van der Waals surface area contributed by atoms with Crippen molar-refractivity contribution in [3.8, 4) is 0 Å². The summed E-state index contributed by atoms with van der Waals surface area (Å²) in [5.41, 5.74) is 1.25. The zero-order chi connectivity index (χ0) is 21.6. The van der Waals surface area contributed by atoms with Crippen molar-refractivity contribution in [3.63, 3.8) is 0 Å². The minimum atomic E-state index is -3.82. The van der Waals surface area contributed by atoms with Crippen LogP contribution in [0.1, 0.15) is 15.9 Å². The summed E-state index contributed by atoms with van der Waals surface area (Å²) in [5.74, 6) is 0.738. The van der Waals surface area contributed by atoms with Crippen LogP contribution in [0.5, 0.6) is 0 Å². The largest absolute Gasteiger partial charge is 0.296 e. The van der Waals surface area contributed by atoms with Gasteiger partial charge in [-0.1, -0.05) is 64.9 Å². The number of hydrogen-bond acceptors (Lipinski definition) is 7. The monoisotopic (exact) mass is 502 g/mol. The fourth-order valence-electron chi connectivity index (χ4n) is 2.29. The van der Waals surface area contributed by atoms with Gasteiger partial charge in [0.05, 0.1) is 10.6 Å². The maximum absolute atomic E-state index is 12.4. The van der Waals surface area contributed by atoms with E-state index in [2.05, 4.69) is 20.2 Å². The molecule has 3 aromatic rings. The number of carbonyl (C=O) groups excluding carboxylic acids is 1. The molecule has 158 valence electrons. The molecule has 0 radical (unpaired) electrons. The highest BCUT2D eigenvalue weighted by atomic mass is 35.5. The maximum atomic E-state index is 12.4. The first kappa shape index (κ1) is 23.0. The topological polar surface area (TPSA) is 101 Å². The summed E-state index contributed by atoms with van der Waals surface area (Å²) in [6.45, 7) is 0.221. The van der Waals surface area contributed by atoms with Crippen molar-refractivity contribution in [2.45, 2.75) is 10.1 Å². The van der Waals surface area contributed by atoms with Crippen LogP contribution < -0.4 is 10.0 Å². The first-order chi connectivity index (χ1) is 14.4. The van der Waals surface area contributed by atoms with Crippen LogP contribution >= 0.6 is 46.3 Å². The van der Waals surface area contributed by atoms with Crippen LogP contribution in [-0.4, -0.2) is 36.8 Å². The van der Waals surface area contributed by atoms with E-state index in [0.29, 0.717) is 16.5 Å². The number of aromatic nitrogens is 2. The lowest BCUT2D eigenvalue weighted by atomic mass is 10.2. The molecule has 1 aromatic heterocycles. The summed E-state index contributed by atoms with van der Waals surface area (Å²) in [6, 6.07) is 14.0. The van der Waals surface area contributed by atoms with Crippen molar-refractivity contribution < 1.29 is 13.2 Å². The van der Waals surface area contributed by atoms with E-state index in [-0.39, 0.29) is 26.6 Å². The minimum absolute atomic E-state index is 0.0633. The van der Waals surface area contributed by atoms with E-state index in [0.717, 1.165) is 16.9 Å². The summed E-state index contributed by atoms with van der Waals surface area (Å²) in [5, 5.41) is 10.9. The Balaban J connectivity index is 1.51. The average Bonchev–Trinajstić information content (AvgIpc) is 3.19. The van der Waals surface area contributed by atoms with Gasteiger partial charge in [0.1, 0.15) is 0 Å². The van der Waals surface area contributed by atoms with E-state index >= 15 is 0 Å². The molecule has 0 unspecified atom stereocenters. The number of anilines is 1. The van der Waals surface area contributed by atoms with Gasteiger partial charge in [-0.25, -0.2) is 13.1 Å². The van der Waals surface area contributed by atoms with Crippen LogP contribution in [0, 0.1) is 0 Å². The Bertz CT molecular complexity index is 1140. The number of benzene rings is 2. The van der Waals surface area contributed by atoms with Gasteiger partial charge in [-0.15, -0.1) is 10.2 Å². The van der Waals surface area contributed by atoms with Crippen molar-refractivity contribution >= 4 is 67.4 Å². The Morgan fingerprint density at radius 3 is 2.47 bits per heavy atom. The fraction of sp³-hybridized carbons (Fsp3) is 0.167. The quantitative estimate of drug-likeness (QED) is 0.334. The number of nitrogens with zero attached hydrogens (tertiary/aromatic N) is 2. The molecule has 7 nitrogen and oxygen atoms in total. The number of nitrogens with one attached hydrogen (secondary N) is 2. The van der Waals surface area contributed by atoms with Gasteiger partial charge < -0.3 is 0 Å². The molecule has 0 fully saturated rings. The Morgan fingerprint density at radius 1 is 1.03 bits per heavy atom.